The molecule has 6 nitrogen and oxygen atoms in total. The van der Waals surface area contributed by atoms with Crippen molar-refractivity contribution in [2.45, 2.75) is 40.2 Å². The molecule has 0 saturated carbocycles. The molecule has 0 aliphatic carbocycles. The molecular weight excluding hydrogens is 364 g/mol. The minimum Gasteiger partial charge on any atom is -0.497 e. The molecule has 152 valence electrons. The first-order valence-electron chi connectivity index (χ1n) is 9.45. The second kappa shape index (κ2) is 9.74. The van der Waals surface area contributed by atoms with E-state index in [-0.39, 0.29) is 11.7 Å². The van der Waals surface area contributed by atoms with Gasteiger partial charge in [0.25, 0.3) is 0 Å². The lowest BCUT2D eigenvalue weighted by molar-refractivity contribution is -0.125. The van der Waals surface area contributed by atoms with E-state index in [0.29, 0.717) is 18.0 Å². The van der Waals surface area contributed by atoms with E-state index in [2.05, 4.69) is 21.2 Å². The summed E-state index contributed by atoms with van der Waals surface area (Å²) in [5.74, 6) is 2.91. The molecule has 1 heterocycles. The molecule has 3 N–H and O–H groups in total. The molecule has 29 heavy (non-hydrogen) atoms. The van der Waals surface area contributed by atoms with E-state index in [0.717, 1.165) is 29.7 Å². The maximum atomic E-state index is 12.9. The van der Waals surface area contributed by atoms with E-state index >= 15 is 0 Å². The van der Waals surface area contributed by atoms with E-state index in [4.69, 9.17) is 16.9 Å². The number of ether oxygens (including phenoxy) is 1. The van der Waals surface area contributed by atoms with E-state index < -0.39 is 5.41 Å². The maximum absolute atomic E-state index is 12.9. The van der Waals surface area contributed by atoms with Crippen LogP contribution in [0.5, 0.6) is 5.75 Å². The van der Waals surface area contributed by atoms with Crippen LogP contribution in [0.3, 0.4) is 0 Å². The highest BCUT2D eigenvalue weighted by atomic mass is 16.5. The summed E-state index contributed by atoms with van der Waals surface area (Å²) in [4.78, 5) is 21.8. The van der Waals surface area contributed by atoms with E-state index in [1.165, 1.54) is 0 Å². The number of allylic oxidation sites excluding steroid dienone is 3. The summed E-state index contributed by atoms with van der Waals surface area (Å²) in [6, 6.07) is 7.44. The van der Waals surface area contributed by atoms with Crippen molar-refractivity contribution in [3.63, 3.8) is 0 Å². The van der Waals surface area contributed by atoms with Crippen LogP contribution in [-0.2, 0) is 11.3 Å². The van der Waals surface area contributed by atoms with Crippen molar-refractivity contribution in [1.82, 2.24) is 5.32 Å². The molecule has 0 saturated heterocycles. The normalized spacial score (nSPS) is 15.6. The summed E-state index contributed by atoms with van der Waals surface area (Å²) in [5.41, 5.74) is 8.22. The van der Waals surface area contributed by atoms with Gasteiger partial charge in [-0.15, -0.1) is 6.42 Å². The van der Waals surface area contributed by atoms with Crippen molar-refractivity contribution >= 4 is 17.5 Å². The van der Waals surface area contributed by atoms with Crippen molar-refractivity contribution < 1.29 is 9.53 Å². The molecule has 1 atom stereocenters. The number of amides is 1. The molecule has 0 radical (unpaired) electrons. The number of hydrogen-bond acceptors (Lipinski definition) is 4. The van der Waals surface area contributed by atoms with Crippen molar-refractivity contribution in [2.24, 2.45) is 21.1 Å². The largest absolute Gasteiger partial charge is 0.497 e. The van der Waals surface area contributed by atoms with Crippen LogP contribution >= 0.6 is 0 Å². The van der Waals surface area contributed by atoms with Gasteiger partial charge in [0, 0.05) is 12.7 Å². The minimum atomic E-state index is -1.38. The van der Waals surface area contributed by atoms with Crippen molar-refractivity contribution in [3.8, 4) is 18.1 Å². The maximum Gasteiger partial charge on any atom is 0.245 e. The van der Waals surface area contributed by atoms with Gasteiger partial charge in [-0.1, -0.05) is 24.1 Å². The average Bonchev–Trinajstić information content (AvgIpc) is 2.75. The number of amidine groups is 1. The highest BCUT2D eigenvalue weighted by molar-refractivity contribution is 6.12. The second-order valence-corrected chi connectivity index (χ2v) is 7.15. The number of hydrogen-bond donors (Lipinski definition) is 2. The highest BCUT2D eigenvalue weighted by Crippen LogP contribution is 2.21. The number of carbonyl (C=O) groups excluding carboxylic acids is 1. The molecule has 0 fully saturated rings. The molecule has 1 aromatic carbocycles. The Kier molecular flexibility index (Phi) is 7.38. The number of methoxy groups -OCH3 is 1. The second-order valence-electron chi connectivity index (χ2n) is 7.15. The van der Waals surface area contributed by atoms with Gasteiger partial charge in [-0.05, 0) is 56.9 Å². The molecule has 1 unspecified atom stereocenters. The van der Waals surface area contributed by atoms with Gasteiger partial charge in [0.05, 0.1) is 18.5 Å². The lowest BCUT2D eigenvalue weighted by Gasteiger charge is -2.23. The van der Waals surface area contributed by atoms with Gasteiger partial charge < -0.3 is 15.8 Å². The summed E-state index contributed by atoms with van der Waals surface area (Å²) < 4.78 is 5.21. The zero-order chi connectivity index (χ0) is 21.4. The first-order valence-corrected chi connectivity index (χ1v) is 9.45. The van der Waals surface area contributed by atoms with Gasteiger partial charge >= 0.3 is 0 Å². The highest BCUT2D eigenvalue weighted by Gasteiger charge is 2.36. The summed E-state index contributed by atoms with van der Waals surface area (Å²) in [7, 11) is 1.59. The van der Waals surface area contributed by atoms with Gasteiger partial charge in [0.1, 0.15) is 11.6 Å². The van der Waals surface area contributed by atoms with Crippen molar-refractivity contribution in [2.75, 3.05) is 7.11 Å². The van der Waals surface area contributed by atoms with Crippen LogP contribution in [-0.4, -0.2) is 24.6 Å². The predicted octanol–water partition coefficient (Wildman–Crippen LogP) is 3.35. The fourth-order valence-corrected chi connectivity index (χ4v) is 2.78. The number of nitrogens with two attached hydrogens (primary N) is 1. The third kappa shape index (κ3) is 5.35. The average molecular weight is 393 g/mol. The van der Waals surface area contributed by atoms with Gasteiger partial charge in [-0.2, -0.15) is 0 Å². The number of benzene rings is 1. The molecule has 1 aliphatic heterocycles. The fraction of sp³-hybridized carbons (Fsp3) is 0.348. The number of terminal acetylenes is 1. The van der Waals surface area contributed by atoms with Gasteiger partial charge in [-0.25, -0.2) is 4.99 Å². The Labute approximate surface area is 172 Å². The number of nitrogens with zero attached hydrogens (tertiary/aromatic N) is 2. The van der Waals surface area contributed by atoms with Gasteiger partial charge in [0.2, 0.25) is 5.91 Å². The van der Waals surface area contributed by atoms with Crippen LogP contribution in [0.15, 0.2) is 57.8 Å². The molecule has 6 heteroatoms. The third-order valence-corrected chi connectivity index (χ3v) is 4.71. The smallest absolute Gasteiger partial charge is 0.245 e. The third-order valence-electron chi connectivity index (χ3n) is 4.71. The Hall–Kier alpha value is -3.33. The monoisotopic (exact) mass is 392 g/mol. The molecule has 1 aromatic rings. The van der Waals surface area contributed by atoms with E-state index in [1.54, 1.807) is 20.2 Å². The van der Waals surface area contributed by atoms with Crippen LogP contribution in [0.2, 0.25) is 0 Å². The standard InChI is InChI=1S/C23H28N4O2/c1-6-23(4,22(28)26-15-17-10-9-11-18(14-17)29-5)21(24)27-20(16(2)3)19-12-7-8-13-25-19/h1,8-11,13-14H,7,12,15H2,2-5H3,(H2,24,27)(H,26,28). The Bertz CT molecular complexity index is 930. The fourth-order valence-electron chi connectivity index (χ4n) is 2.78. The van der Waals surface area contributed by atoms with Gasteiger partial charge in [-0.3, -0.25) is 9.79 Å². The molecular formula is C23H28N4O2. The molecule has 2 rings (SSSR count). The Balaban J connectivity index is 2.23. The summed E-state index contributed by atoms with van der Waals surface area (Å²) in [6.07, 6.45) is 11.1. The SMILES string of the molecule is C#CC(C)(C(=O)NCc1cccc(OC)c1)/C(N)=N\C(C1=NC=CCC1)=C(C)C. The minimum absolute atomic E-state index is 0.0663. The molecule has 1 aliphatic rings. The summed E-state index contributed by atoms with van der Waals surface area (Å²) >= 11 is 0. The molecule has 1 amide bonds. The Morgan fingerprint density at radius 1 is 1.45 bits per heavy atom. The molecule has 0 aromatic heterocycles. The molecule has 0 bridgehead atoms. The number of nitrogens with one attached hydrogen (secondary N) is 1. The topological polar surface area (TPSA) is 89.1 Å². The lowest BCUT2D eigenvalue weighted by Crippen LogP contribution is -2.47. The predicted molar refractivity (Wildman–Crippen MR) is 118 cm³/mol. The van der Waals surface area contributed by atoms with Crippen LogP contribution in [0.1, 0.15) is 39.2 Å². The summed E-state index contributed by atoms with van der Waals surface area (Å²) in [6.45, 7) is 5.76. The summed E-state index contributed by atoms with van der Waals surface area (Å²) in [5, 5.41) is 2.85. The zero-order valence-corrected chi connectivity index (χ0v) is 17.5. The first kappa shape index (κ1) is 22.0. The number of aliphatic imine (C=N–C) groups is 2. The molecule has 0 spiro atoms. The van der Waals surface area contributed by atoms with Gasteiger partial charge in [0.15, 0.2) is 5.41 Å². The first-order chi connectivity index (χ1) is 13.8. The zero-order valence-electron chi connectivity index (χ0n) is 17.5. The van der Waals surface area contributed by atoms with Crippen LogP contribution in [0, 0.1) is 17.8 Å². The Morgan fingerprint density at radius 2 is 2.21 bits per heavy atom. The quantitative estimate of drug-likeness (QED) is 0.424. The van der Waals surface area contributed by atoms with E-state index in [1.807, 2.05) is 44.2 Å². The number of carbonyl (C=O) groups is 1. The van der Waals surface area contributed by atoms with Crippen LogP contribution in [0.25, 0.3) is 0 Å². The number of rotatable bonds is 7. The van der Waals surface area contributed by atoms with Crippen LogP contribution < -0.4 is 15.8 Å². The van der Waals surface area contributed by atoms with Crippen LogP contribution in [0.4, 0.5) is 0 Å². The van der Waals surface area contributed by atoms with E-state index in [9.17, 15) is 4.79 Å². The van der Waals surface area contributed by atoms with Crippen molar-refractivity contribution in [3.05, 3.63) is 53.4 Å². The lowest BCUT2D eigenvalue weighted by atomic mass is 9.88. The van der Waals surface area contributed by atoms with Crippen molar-refractivity contribution in [1.29, 1.82) is 0 Å². The Morgan fingerprint density at radius 3 is 2.79 bits per heavy atom.